The molecule has 27 heavy (non-hydrogen) atoms. The van der Waals surface area contributed by atoms with Crippen LogP contribution >= 0.6 is 11.8 Å². The SMILES string of the molecule is CS[C@@]1([C@@H](NS(=O)(=O)c2ccc(C)cc2)c2ccc(F)cc2)CCOC1=O. The molecular weight excluding hydrogens is 389 g/mol. The minimum absolute atomic E-state index is 0.0998. The van der Waals surface area contributed by atoms with Gasteiger partial charge in [0.05, 0.1) is 17.5 Å². The van der Waals surface area contributed by atoms with E-state index in [0.717, 1.165) is 5.56 Å². The zero-order valence-electron chi connectivity index (χ0n) is 14.9. The molecule has 0 bridgehead atoms. The molecular formula is C19H20FNO4S2. The Labute approximate surface area is 162 Å². The van der Waals surface area contributed by atoms with Crippen LogP contribution in [0.4, 0.5) is 4.39 Å². The lowest BCUT2D eigenvalue weighted by molar-refractivity contribution is -0.140. The number of cyclic esters (lactones) is 1. The fourth-order valence-corrected chi connectivity index (χ4v) is 5.41. The first-order chi connectivity index (χ1) is 12.8. The molecule has 2 atom stereocenters. The van der Waals surface area contributed by atoms with Crippen LogP contribution in [0.1, 0.15) is 23.6 Å². The topological polar surface area (TPSA) is 72.5 Å². The van der Waals surface area contributed by atoms with Crippen molar-refractivity contribution in [2.24, 2.45) is 0 Å². The molecule has 5 nitrogen and oxygen atoms in total. The van der Waals surface area contributed by atoms with Gasteiger partial charge in [0.1, 0.15) is 10.6 Å². The molecule has 0 aliphatic carbocycles. The van der Waals surface area contributed by atoms with Crippen LogP contribution in [0.15, 0.2) is 53.4 Å². The van der Waals surface area contributed by atoms with Gasteiger partial charge in [-0.15, -0.1) is 11.8 Å². The Kier molecular flexibility index (Phi) is 5.60. The molecule has 1 heterocycles. The van der Waals surface area contributed by atoms with E-state index in [1.54, 1.807) is 18.4 Å². The molecule has 8 heteroatoms. The average molecular weight is 410 g/mol. The van der Waals surface area contributed by atoms with Crippen molar-refractivity contribution >= 4 is 27.8 Å². The van der Waals surface area contributed by atoms with E-state index in [-0.39, 0.29) is 11.5 Å². The van der Waals surface area contributed by atoms with Crippen molar-refractivity contribution in [2.45, 2.75) is 29.0 Å². The largest absolute Gasteiger partial charge is 0.465 e. The van der Waals surface area contributed by atoms with Gasteiger partial charge in [-0.1, -0.05) is 29.8 Å². The van der Waals surface area contributed by atoms with E-state index in [9.17, 15) is 17.6 Å². The number of hydrogen-bond acceptors (Lipinski definition) is 5. The number of benzene rings is 2. The van der Waals surface area contributed by atoms with Gasteiger partial charge in [-0.2, -0.15) is 0 Å². The summed E-state index contributed by atoms with van der Waals surface area (Å²) in [6, 6.07) is 11.0. The second-order valence-corrected chi connectivity index (χ2v) is 9.25. The molecule has 144 valence electrons. The lowest BCUT2D eigenvalue weighted by Gasteiger charge is -2.33. The number of halogens is 1. The zero-order chi connectivity index (χ0) is 19.7. The highest BCUT2D eigenvalue weighted by atomic mass is 32.2. The van der Waals surface area contributed by atoms with Crippen LogP contribution in [-0.2, 0) is 19.6 Å². The highest BCUT2D eigenvalue weighted by Gasteiger charge is 2.52. The maximum atomic E-state index is 13.4. The fraction of sp³-hybridized carbons (Fsp3) is 0.316. The smallest absolute Gasteiger partial charge is 0.324 e. The van der Waals surface area contributed by atoms with Gasteiger partial charge >= 0.3 is 5.97 Å². The minimum atomic E-state index is -3.91. The molecule has 1 aliphatic rings. The Morgan fingerprint density at radius 1 is 1.15 bits per heavy atom. The van der Waals surface area contributed by atoms with Crippen LogP contribution in [-0.4, -0.2) is 32.0 Å². The van der Waals surface area contributed by atoms with Crippen molar-refractivity contribution in [3.63, 3.8) is 0 Å². The van der Waals surface area contributed by atoms with Crippen LogP contribution in [0.5, 0.6) is 0 Å². The van der Waals surface area contributed by atoms with Crippen LogP contribution in [0.3, 0.4) is 0 Å². The lowest BCUT2D eigenvalue weighted by Crippen LogP contribution is -2.46. The van der Waals surface area contributed by atoms with Crippen molar-refractivity contribution in [2.75, 3.05) is 12.9 Å². The molecule has 1 aliphatic heterocycles. The van der Waals surface area contributed by atoms with Crippen molar-refractivity contribution in [3.8, 4) is 0 Å². The van der Waals surface area contributed by atoms with E-state index in [2.05, 4.69) is 4.72 Å². The molecule has 0 spiro atoms. The van der Waals surface area contributed by atoms with Crippen molar-refractivity contribution < 1.29 is 22.3 Å². The van der Waals surface area contributed by atoms with Gasteiger partial charge in [0.2, 0.25) is 10.0 Å². The lowest BCUT2D eigenvalue weighted by atomic mass is 9.91. The standard InChI is InChI=1S/C19H20FNO4S2/c1-13-3-9-16(10-4-13)27(23,24)21-17(14-5-7-15(20)8-6-14)19(26-2)11-12-25-18(19)22/h3-10,17,21H,11-12H2,1-2H3/t17-,19+/m0/s1. The van der Waals surface area contributed by atoms with Gasteiger partial charge in [-0.25, -0.2) is 17.5 Å². The van der Waals surface area contributed by atoms with E-state index in [1.807, 2.05) is 6.92 Å². The molecule has 0 amide bonds. The number of esters is 1. The first-order valence-corrected chi connectivity index (χ1v) is 11.1. The Morgan fingerprint density at radius 3 is 2.30 bits per heavy atom. The number of ether oxygens (including phenoxy) is 1. The molecule has 3 rings (SSSR count). The van der Waals surface area contributed by atoms with Crippen molar-refractivity contribution in [1.29, 1.82) is 0 Å². The number of thioether (sulfide) groups is 1. The predicted molar refractivity (Wildman–Crippen MR) is 102 cm³/mol. The number of aryl methyl sites for hydroxylation is 1. The van der Waals surface area contributed by atoms with Gasteiger partial charge in [-0.05, 0) is 43.0 Å². The number of rotatable bonds is 6. The number of nitrogens with one attached hydrogen (secondary N) is 1. The molecule has 0 saturated carbocycles. The summed E-state index contributed by atoms with van der Waals surface area (Å²) in [7, 11) is -3.91. The number of carbonyl (C=O) groups is 1. The van der Waals surface area contributed by atoms with E-state index in [4.69, 9.17) is 4.74 Å². The minimum Gasteiger partial charge on any atom is -0.465 e. The summed E-state index contributed by atoms with van der Waals surface area (Å²) in [6.07, 6.45) is 2.09. The monoisotopic (exact) mass is 409 g/mol. The number of hydrogen-bond donors (Lipinski definition) is 1. The molecule has 2 aromatic rings. The van der Waals surface area contributed by atoms with Gasteiger partial charge in [0, 0.05) is 6.42 Å². The van der Waals surface area contributed by atoms with Crippen molar-refractivity contribution in [3.05, 3.63) is 65.5 Å². The van der Waals surface area contributed by atoms with Gasteiger partial charge < -0.3 is 4.74 Å². The number of sulfonamides is 1. The summed E-state index contributed by atoms with van der Waals surface area (Å²) in [6.45, 7) is 2.08. The van der Waals surface area contributed by atoms with Crippen LogP contribution in [0.2, 0.25) is 0 Å². The summed E-state index contributed by atoms with van der Waals surface area (Å²) < 4.78 is 46.0. The maximum absolute atomic E-state index is 13.4. The van der Waals surface area contributed by atoms with E-state index < -0.39 is 32.6 Å². The molecule has 1 saturated heterocycles. The molecule has 1 N–H and O–H groups in total. The third-order valence-corrected chi connectivity index (χ3v) is 7.46. The summed E-state index contributed by atoms with van der Waals surface area (Å²) >= 11 is 1.24. The quantitative estimate of drug-likeness (QED) is 0.742. The van der Waals surface area contributed by atoms with Gasteiger partial charge in [-0.3, -0.25) is 4.79 Å². The average Bonchev–Trinajstić information content (AvgIpc) is 3.02. The van der Waals surface area contributed by atoms with E-state index in [0.29, 0.717) is 12.0 Å². The molecule has 0 aromatic heterocycles. The fourth-order valence-electron chi connectivity index (χ4n) is 3.11. The second kappa shape index (κ2) is 7.61. The molecule has 0 radical (unpaired) electrons. The maximum Gasteiger partial charge on any atom is 0.324 e. The van der Waals surface area contributed by atoms with E-state index in [1.165, 1.54) is 48.2 Å². The van der Waals surface area contributed by atoms with Crippen molar-refractivity contribution in [1.82, 2.24) is 4.72 Å². The Balaban J connectivity index is 2.06. The normalized spacial score (nSPS) is 21.1. The first-order valence-electron chi connectivity index (χ1n) is 8.35. The predicted octanol–water partition coefficient (Wildman–Crippen LogP) is 3.20. The summed E-state index contributed by atoms with van der Waals surface area (Å²) in [4.78, 5) is 12.6. The van der Waals surface area contributed by atoms with Gasteiger partial charge in [0.15, 0.2) is 0 Å². The third kappa shape index (κ3) is 3.88. The Bertz CT molecular complexity index is 929. The molecule has 1 fully saturated rings. The van der Waals surface area contributed by atoms with Crippen LogP contribution < -0.4 is 4.72 Å². The molecule has 2 aromatic carbocycles. The zero-order valence-corrected chi connectivity index (χ0v) is 16.6. The van der Waals surface area contributed by atoms with Crippen LogP contribution in [0, 0.1) is 12.7 Å². The summed E-state index contributed by atoms with van der Waals surface area (Å²) in [5.74, 6) is -0.915. The summed E-state index contributed by atoms with van der Waals surface area (Å²) in [5, 5.41) is 0. The third-order valence-electron chi connectivity index (χ3n) is 4.69. The Hall–Kier alpha value is -1.90. The molecule has 0 unspecified atom stereocenters. The highest BCUT2D eigenvalue weighted by molar-refractivity contribution is 8.00. The second-order valence-electron chi connectivity index (χ2n) is 6.40. The first kappa shape index (κ1) is 19.9. The summed E-state index contributed by atoms with van der Waals surface area (Å²) in [5.41, 5.74) is 1.43. The van der Waals surface area contributed by atoms with Gasteiger partial charge in [0.25, 0.3) is 0 Å². The van der Waals surface area contributed by atoms with Crippen LogP contribution in [0.25, 0.3) is 0 Å². The van der Waals surface area contributed by atoms with E-state index >= 15 is 0 Å². The highest BCUT2D eigenvalue weighted by Crippen LogP contribution is 2.44. The Morgan fingerprint density at radius 2 is 1.78 bits per heavy atom. The number of carbonyl (C=O) groups excluding carboxylic acids is 1.